The van der Waals surface area contributed by atoms with Crippen molar-refractivity contribution in [3.63, 3.8) is 0 Å². The number of nitrogens with zero attached hydrogens (tertiary/aromatic N) is 2. The summed E-state index contributed by atoms with van der Waals surface area (Å²) >= 11 is 0. The Hall–Kier alpha value is -1.77. The summed E-state index contributed by atoms with van der Waals surface area (Å²) in [6, 6.07) is 10.4. The number of hydrogen-bond donors (Lipinski definition) is 1. The average molecular weight is 271 g/mol. The van der Waals surface area contributed by atoms with E-state index >= 15 is 0 Å². The number of aryl methyl sites for hydroxylation is 1. The number of hydrogen-bond acceptors (Lipinski definition) is 2. The Bertz CT molecular complexity index is 543. The Morgan fingerprint density at radius 1 is 1.20 bits per heavy atom. The molecule has 1 unspecified atom stereocenters. The second-order valence-electron chi connectivity index (χ2n) is 5.41. The molecule has 1 atom stereocenters. The van der Waals surface area contributed by atoms with Crippen LogP contribution in [-0.4, -0.2) is 9.55 Å². The fourth-order valence-electron chi connectivity index (χ4n) is 2.68. The van der Waals surface area contributed by atoms with Gasteiger partial charge in [0.1, 0.15) is 11.6 Å². The Morgan fingerprint density at radius 3 is 2.50 bits per heavy atom. The lowest BCUT2D eigenvalue weighted by Crippen LogP contribution is -2.08. The summed E-state index contributed by atoms with van der Waals surface area (Å²) in [6.07, 6.45) is 3.21. The Balaban J connectivity index is 2.32. The minimum absolute atomic E-state index is 0.433. The van der Waals surface area contributed by atoms with Gasteiger partial charge in [0.05, 0.1) is 12.2 Å². The molecular weight excluding hydrogens is 246 g/mol. The van der Waals surface area contributed by atoms with Crippen LogP contribution in [0.15, 0.2) is 30.3 Å². The van der Waals surface area contributed by atoms with E-state index in [0.717, 1.165) is 43.1 Å². The third kappa shape index (κ3) is 3.03. The van der Waals surface area contributed by atoms with Crippen LogP contribution in [0.25, 0.3) is 0 Å². The molecule has 1 aromatic carbocycles. The minimum Gasteiger partial charge on any atom is -0.384 e. The summed E-state index contributed by atoms with van der Waals surface area (Å²) in [6.45, 7) is 7.36. The first-order valence-electron chi connectivity index (χ1n) is 7.56. The van der Waals surface area contributed by atoms with E-state index in [0.29, 0.717) is 5.92 Å². The van der Waals surface area contributed by atoms with Crippen molar-refractivity contribution in [2.45, 2.75) is 52.5 Å². The molecule has 3 nitrogen and oxygen atoms in total. The van der Waals surface area contributed by atoms with Crippen LogP contribution >= 0.6 is 0 Å². The predicted octanol–water partition coefficient (Wildman–Crippen LogP) is 3.98. The molecule has 108 valence electrons. The Morgan fingerprint density at radius 2 is 1.90 bits per heavy atom. The smallest absolute Gasteiger partial charge is 0.127 e. The van der Waals surface area contributed by atoms with Crippen LogP contribution in [0.1, 0.15) is 56.6 Å². The molecule has 0 fully saturated rings. The molecule has 20 heavy (non-hydrogen) atoms. The lowest BCUT2D eigenvalue weighted by atomic mass is 10.0. The maximum atomic E-state index is 6.36. The molecule has 0 bridgehead atoms. The van der Waals surface area contributed by atoms with Crippen molar-refractivity contribution in [2.24, 2.45) is 0 Å². The van der Waals surface area contributed by atoms with Gasteiger partial charge in [0.25, 0.3) is 0 Å². The van der Waals surface area contributed by atoms with Crippen LogP contribution in [0.3, 0.4) is 0 Å². The van der Waals surface area contributed by atoms with Crippen molar-refractivity contribution in [2.75, 3.05) is 5.73 Å². The van der Waals surface area contributed by atoms with E-state index in [1.54, 1.807) is 0 Å². The lowest BCUT2D eigenvalue weighted by molar-refractivity contribution is 0.650. The van der Waals surface area contributed by atoms with E-state index in [1.807, 2.05) is 6.07 Å². The first-order chi connectivity index (χ1) is 9.67. The van der Waals surface area contributed by atoms with Crippen LogP contribution in [-0.2, 0) is 13.0 Å². The van der Waals surface area contributed by atoms with E-state index < -0.39 is 0 Å². The van der Waals surface area contributed by atoms with Crippen molar-refractivity contribution in [3.05, 3.63) is 47.4 Å². The van der Waals surface area contributed by atoms with Crippen LogP contribution in [0.5, 0.6) is 0 Å². The second-order valence-corrected chi connectivity index (χ2v) is 5.41. The van der Waals surface area contributed by atoms with Crippen LogP contribution in [0.2, 0.25) is 0 Å². The zero-order chi connectivity index (χ0) is 14.5. The molecule has 2 aromatic rings. The molecule has 3 heteroatoms. The highest BCUT2D eigenvalue weighted by Crippen LogP contribution is 2.27. The van der Waals surface area contributed by atoms with Gasteiger partial charge < -0.3 is 10.3 Å². The summed E-state index contributed by atoms with van der Waals surface area (Å²) in [7, 11) is 0. The van der Waals surface area contributed by atoms with E-state index in [4.69, 9.17) is 10.7 Å². The fraction of sp³-hybridized carbons (Fsp3) is 0.471. The third-order valence-electron chi connectivity index (χ3n) is 3.80. The summed E-state index contributed by atoms with van der Waals surface area (Å²) in [5.41, 5.74) is 8.69. The van der Waals surface area contributed by atoms with Crippen molar-refractivity contribution in [1.29, 1.82) is 0 Å². The van der Waals surface area contributed by atoms with Crippen molar-refractivity contribution < 1.29 is 0 Å². The Kier molecular flexibility index (Phi) is 4.83. The molecule has 0 aliphatic rings. The van der Waals surface area contributed by atoms with E-state index in [2.05, 4.69) is 49.6 Å². The van der Waals surface area contributed by atoms with Crippen LogP contribution < -0.4 is 5.73 Å². The fourth-order valence-corrected chi connectivity index (χ4v) is 2.68. The highest BCUT2D eigenvalue weighted by molar-refractivity contribution is 5.41. The number of nitrogens with two attached hydrogens (primary N) is 1. The predicted molar refractivity (Wildman–Crippen MR) is 84.9 cm³/mol. The number of anilines is 1. The summed E-state index contributed by atoms with van der Waals surface area (Å²) in [5.74, 6) is 2.36. The average Bonchev–Trinajstić information content (AvgIpc) is 2.77. The van der Waals surface area contributed by atoms with Gasteiger partial charge in [0, 0.05) is 12.3 Å². The monoisotopic (exact) mass is 271 g/mol. The van der Waals surface area contributed by atoms with E-state index in [-0.39, 0.29) is 0 Å². The molecule has 2 rings (SSSR count). The van der Waals surface area contributed by atoms with Gasteiger partial charge in [-0.15, -0.1) is 0 Å². The van der Waals surface area contributed by atoms with Gasteiger partial charge in [-0.2, -0.15) is 0 Å². The molecule has 0 amide bonds. The first kappa shape index (κ1) is 14.6. The van der Waals surface area contributed by atoms with Gasteiger partial charge in [-0.05, 0) is 12.0 Å². The molecule has 0 aliphatic heterocycles. The quantitative estimate of drug-likeness (QED) is 0.863. The zero-order valence-electron chi connectivity index (χ0n) is 12.8. The third-order valence-corrected chi connectivity index (χ3v) is 3.80. The SMILES string of the molecule is CCCC(C)c1nc(CC)n(Cc2ccccc2)c1N. The molecule has 0 spiro atoms. The standard InChI is InChI=1S/C17H25N3/c1-4-9-13(3)16-17(18)20(15(5-2)19-16)12-14-10-7-6-8-11-14/h6-8,10-11,13H,4-5,9,12,18H2,1-3H3. The van der Waals surface area contributed by atoms with Gasteiger partial charge in [-0.25, -0.2) is 4.98 Å². The maximum absolute atomic E-state index is 6.36. The lowest BCUT2D eigenvalue weighted by Gasteiger charge is -2.11. The first-order valence-corrected chi connectivity index (χ1v) is 7.56. The number of imidazole rings is 1. The van der Waals surface area contributed by atoms with Gasteiger partial charge >= 0.3 is 0 Å². The number of rotatable bonds is 6. The van der Waals surface area contributed by atoms with Crippen LogP contribution in [0, 0.1) is 0 Å². The largest absolute Gasteiger partial charge is 0.384 e. The molecule has 0 aliphatic carbocycles. The number of aromatic nitrogens is 2. The maximum Gasteiger partial charge on any atom is 0.127 e. The van der Waals surface area contributed by atoms with Crippen molar-refractivity contribution in [3.8, 4) is 0 Å². The highest BCUT2D eigenvalue weighted by atomic mass is 15.1. The molecule has 0 radical (unpaired) electrons. The van der Waals surface area contributed by atoms with Gasteiger partial charge in [-0.3, -0.25) is 0 Å². The van der Waals surface area contributed by atoms with Gasteiger partial charge in [0.2, 0.25) is 0 Å². The topological polar surface area (TPSA) is 43.8 Å². The summed E-state index contributed by atoms with van der Waals surface area (Å²) in [4.78, 5) is 4.78. The molecule has 0 saturated heterocycles. The molecule has 1 aromatic heterocycles. The Labute approximate surface area is 121 Å². The molecule has 1 heterocycles. The minimum atomic E-state index is 0.433. The van der Waals surface area contributed by atoms with Crippen LogP contribution in [0.4, 0.5) is 5.82 Å². The molecular formula is C17H25N3. The van der Waals surface area contributed by atoms with Gasteiger partial charge in [0.15, 0.2) is 0 Å². The summed E-state index contributed by atoms with van der Waals surface area (Å²) < 4.78 is 2.16. The second kappa shape index (κ2) is 6.60. The highest BCUT2D eigenvalue weighted by Gasteiger charge is 2.18. The molecule has 2 N–H and O–H groups in total. The number of benzene rings is 1. The van der Waals surface area contributed by atoms with E-state index in [9.17, 15) is 0 Å². The van der Waals surface area contributed by atoms with E-state index in [1.165, 1.54) is 5.56 Å². The number of nitrogen functional groups attached to an aromatic ring is 1. The van der Waals surface area contributed by atoms with Crippen molar-refractivity contribution >= 4 is 5.82 Å². The zero-order valence-corrected chi connectivity index (χ0v) is 12.8. The summed E-state index contributed by atoms with van der Waals surface area (Å²) in [5, 5.41) is 0. The molecule has 0 saturated carbocycles. The normalized spacial score (nSPS) is 12.6. The van der Waals surface area contributed by atoms with Crippen molar-refractivity contribution in [1.82, 2.24) is 9.55 Å². The van der Waals surface area contributed by atoms with Gasteiger partial charge in [-0.1, -0.05) is 57.5 Å².